The molecule has 4 rings (SSSR count). The van der Waals surface area contributed by atoms with E-state index in [2.05, 4.69) is 64.9 Å². The number of carbonyl (C=O) groups excluding carboxylic acids is 1. The summed E-state index contributed by atoms with van der Waals surface area (Å²) < 4.78 is 7.59. The van der Waals surface area contributed by atoms with Gasteiger partial charge in [-0.25, -0.2) is 0 Å². The fraction of sp³-hybridized carbons (Fsp3) is 0.318. The second-order valence-corrected chi connectivity index (χ2v) is 9.68. The molecule has 8 heteroatoms. The van der Waals surface area contributed by atoms with Gasteiger partial charge in [-0.05, 0) is 91.3 Å². The van der Waals surface area contributed by atoms with Gasteiger partial charge in [0.15, 0.2) is 0 Å². The van der Waals surface area contributed by atoms with Gasteiger partial charge in [-0.3, -0.25) is 9.69 Å². The minimum absolute atomic E-state index is 0.0276. The quantitative estimate of drug-likeness (QED) is 0.417. The van der Waals surface area contributed by atoms with Crippen molar-refractivity contribution in [3.05, 3.63) is 62.0 Å². The molecule has 2 aromatic carbocycles. The molecule has 6 nitrogen and oxygen atoms in total. The van der Waals surface area contributed by atoms with Gasteiger partial charge in [0.05, 0.1) is 6.54 Å². The SMILES string of the molecule is Cc1cc(I)ccc1NC(=O)C1CCN(Cc2nc(-c3cccc(Br)c3)no2)CC1. The Kier molecular flexibility index (Phi) is 6.84. The van der Waals surface area contributed by atoms with Gasteiger partial charge in [0.2, 0.25) is 17.6 Å². The molecule has 1 aliphatic rings. The first kappa shape index (κ1) is 21.5. The largest absolute Gasteiger partial charge is 0.338 e. The highest BCUT2D eigenvalue weighted by molar-refractivity contribution is 14.1. The van der Waals surface area contributed by atoms with Gasteiger partial charge >= 0.3 is 0 Å². The number of benzene rings is 2. The molecular weight excluding hydrogens is 559 g/mol. The summed E-state index contributed by atoms with van der Waals surface area (Å²) in [7, 11) is 0. The highest BCUT2D eigenvalue weighted by Crippen LogP contribution is 2.24. The van der Waals surface area contributed by atoms with E-state index in [4.69, 9.17) is 4.52 Å². The Bertz CT molecular complexity index is 1050. The third-order valence-electron chi connectivity index (χ3n) is 5.31. The summed E-state index contributed by atoms with van der Waals surface area (Å²) in [6.07, 6.45) is 1.64. The molecule has 1 amide bonds. The Hall–Kier alpha value is -1.78. The second-order valence-electron chi connectivity index (χ2n) is 7.52. The number of amides is 1. The lowest BCUT2D eigenvalue weighted by atomic mass is 9.95. The van der Waals surface area contributed by atoms with Crippen molar-refractivity contribution in [1.82, 2.24) is 15.0 Å². The molecule has 3 aromatic rings. The summed E-state index contributed by atoms with van der Waals surface area (Å²) in [6, 6.07) is 13.9. The molecule has 0 atom stereocenters. The van der Waals surface area contributed by atoms with E-state index >= 15 is 0 Å². The highest BCUT2D eigenvalue weighted by Gasteiger charge is 2.26. The number of likely N-dealkylation sites (tertiary alicyclic amines) is 1. The molecule has 1 saturated heterocycles. The Morgan fingerprint density at radius 1 is 1.27 bits per heavy atom. The third kappa shape index (κ3) is 5.28. The number of nitrogens with zero attached hydrogens (tertiary/aromatic N) is 3. The van der Waals surface area contributed by atoms with Crippen molar-refractivity contribution in [1.29, 1.82) is 0 Å². The van der Waals surface area contributed by atoms with E-state index in [9.17, 15) is 4.79 Å². The number of hydrogen-bond donors (Lipinski definition) is 1. The maximum absolute atomic E-state index is 12.7. The average molecular weight is 581 g/mol. The molecule has 2 heterocycles. The minimum Gasteiger partial charge on any atom is -0.338 e. The molecule has 0 bridgehead atoms. The van der Waals surface area contributed by atoms with E-state index in [-0.39, 0.29) is 11.8 Å². The van der Waals surface area contributed by atoms with E-state index in [1.807, 2.05) is 43.3 Å². The van der Waals surface area contributed by atoms with Crippen LogP contribution >= 0.6 is 38.5 Å². The van der Waals surface area contributed by atoms with Gasteiger partial charge in [0.25, 0.3) is 0 Å². The number of anilines is 1. The normalized spacial score (nSPS) is 15.3. The fourth-order valence-corrected chi connectivity index (χ4v) is 4.66. The van der Waals surface area contributed by atoms with Crippen LogP contribution in [0.25, 0.3) is 11.4 Å². The number of aryl methyl sites for hydroxylation is 1. The third-order valence-corrected chi connectivity index (χ3v) is 6.48. The van der Waals surface area contributed by atoms with Crippen LogP contribution in [-0.4, -0.2) is 34.0 Å². The topological polar surface area (TPSA) is 71.3 Å². The maximum atomic E-state index is 12.7. The van der Waals surface area contributed by atoms with Crippen molar-refractivity contribution >= 4 is 50.1 Å². The molecule has 0 radical (unpaired) electrons. The number of hydrogen-bond acceptors (Lipinski definition) is 5. The predicted octanol–water partition coefficient (Wildman–Crippen LogP) is 5.26. The van der Waals surface area contributed by atoms with Crippen LogP contribution < -0.4 is 5.32 Å². The van der Waals surface area contributed by atoms with E-state index in [0.717, 1.165) is 47.2 Å². The Morgan fingerprint density at radius 2 is 2.07 bits per heavy atom. The average Bonchev–Trinajstić information content (AvgIpc) is 3.19. The van der Waals surface area contributed by atoms with Crippen LogP contribution in [0.3, 0.4) is 0 Å². The van der Waals surface area contributed by atoms with Crippen molar-refractivity contribution in [2.75, 3.05) is 18.4 Å². The molecule has 0 saturated carbocycles. The first-order valence-electron chi connectivity index (χ1n) is 9.86. The van der Waals surface area contributed by atoms with Crippen molar-refractivity contribution in [2.45, 2.75) is 26.3 Å². The lowest BCUT2D eigenvalue weighted by molar-refractivity contribution is -0.121. The monoisotopic (exact) mass is 580 g/mol. The van der Waals surface area contributed by atoms with E-state index in [1.165, 1.54) is 3.57 Å². The molecular formula is C22H22BrIN4O2. The van der Waals surface area contributed by atoms with Crippen molar-refractivity contribution in [3.8, 4) is 11.4 Å². The minimum atomic E-state index is 0.0276. The lowest BCUT2D eigenvalue weighted by Gasteiger charge is -2.30. The molecule has 1 aromatic heterocycles. The van der Waals surface area contributed by atoms with Crippen LogP contribution in [0.5, 0.6) is 0 Å². The molecule has 1 aliphatic heterocycles. The second kappa shape index (κ2) is 9.57. The van der Waals surface area contributed by atoms with Crippen LogP contribution in [0.2, 0.25) is 0 Å². The van der Waals surface area contributed by atoms with Crippen LogP contribution in [0.15, 0.2) is 51.5 Å². The van der Waals surface area contributed by atoms with Crippen LogP contribution in [0.1, 0.15) is 24.3 Å². The van der Waals surface area contributed by atoms with E-state index in [0.29, 0.717) is 18.3 Å². The maximum Gasteiger partial charge on any atom is 0.241 e. The molecule has 0 spiro atoms. The molecule has 30 heavy (non-hydrogen) atoms. The number of rotatable bonds is 5. The van der Waals surface area contributed by atoms with Gasteiger partial charge in [0, 0.05) is 25.2 Å². The van der Waals surface area contributed by atoms with E-state index in [1.54, 1.807) is 0 Å². The van der Waals surface area contributed by atoms with Crippen molar-refractivity contribution in [2.24, 2.45) is 5.92 Å². The zero-order valence-electron chi connectivity index (χ0n) is 16.6. The molecule has 0 unspecified atom stereocenters. The summed E-state index contributed by atoms with van der Waals surface area (Å²) in [5.41, 5.74) is 2.90. The first-order chi connectivity index (χ1) is 14.5. The van der Waals surface area contributed by atoms with Gasteiger partial charge in [-0.15, -0.1) is 0 Å². The zero-order valence-corrected chi connectivity index (χ0v) is 20.3. The number of halogens is 2. The Balaban J connectivity index is 1.30. The summed E-state index contributed by atoms with van der Waals surface area (Å²) in [4.78, 5) is 19.5. The Labute approximate surface area is 197 Å². The standard InChI is InChI=1S/C22H22BrIN4O2/c1-14-11-18(24)5-6-19(14)25-22(29)15-7-9-28(10-8-15)13-20-26-21(27-30-20)16-3-2-4-17(23)12-16/h2-6,11-12,15H,7-10,13H2,1H3,(H,25,29). The van der Waals surface area contributed by atoms with Crippen LogP contribution in [-0.2, 0) is 11.3 Å². The predicted molar refractivity (Wildman–Crippen MR) is 128 cm³/mol. The summed E-state index contributed by atoms with van der Waals surface area (Å²) >= 11 is 5.74. The summed E-state index contributed by atoms with van der Waals surface area (Å²) in [5.74, 6) is 1.32. The van der Waals surface area contributed by atoms with Crippen LogP contribution in [0.4, 0.5) is 5.69 Å². The van der Waals surface area contributed by atoms with E-state index < -0.39 is 0 Å². The van der Waals surface area contributed by atoms with Crippen molar-refractivity contribution < 1.29 is 9.32 Å². The number of carbonyl (C=O) groups is 1. The summed E-state index contributed by atoms with van der Waals surface area (Å²) in [6.45, 7) is 4.29. The van der Waals surface area contributed by atoms with Gasteiger partial charge in [-0.1, -0.05) is 33.2 Å². The van der Waals surface area contributed by atoms with Crippen molar-refractivity contribution in [3.63, 3.8) is 0 Å². The number of nitrogens with one attached hydrogen (secondary N) is 1. The highest BCUT2D eigenvalue weighted by atomic mass is 127. The molecule has 1 N–H and O–H groups in total. The van der Waals surface area contributed by atoms with Crippen LogP contribution in [0, 0.1) is 16.4 Å². The Morgan fingerprint density at radius 3 is 2.80 bits per heavy atom. The number of aromatic nitrogens is 2. The zero-order chi connectivity index (χ0) is 21.1. The lowest BCUT2D eigenvalue weighted by Crippen LogP contribution is -2.37. The smallest absolute Gasteiger partial charge is 0.241 e. The molecule has 0 aliphatic carbocycles. The van der Waals surface area contributed by atoms with Gasteiger partial charge < -0.3 is 9.84 Å². The first-order valence-corrected chi connectivity index (χ1v) is 11.7. The fourth-order valence-electron chi connectivity index (χ4n) is 3.61. The molecule has 156 valence electrons. The summed E-state index contributed by atoms with van der Waals surface area (Å²) in [5, 5.41) is 7.19. The number of piperidine rings is 1. The van der Waals surface area contributed by atoms with Gasteiger partial charge in [0.1, 0.15) is 0 Å². The molecule has 1 fully saturated rings. The van der Waals surface area contributed by atoms with Gasteiger partial charge in [-0.2, -0.15) is 4.98 Å².